The van der Waals surface area contributed by atoms with E-state index in [2.05, 4.69) is 165 Å². The molecule has 0 nitrogen and oxygen atoms in total. The Labute approximate surface area is 342 Å². The molecule has 0 atom stereocenters. The molecule has 0 saturated heterocycles. The standard InChI is InChI=1S/C24H17.C13H9.2C6H5.2ClH.Si.Zr/c1-16-13-17-8-6-12-22(23(17)14-16)24-15-18-7-2-3-9-19(18)20-10-4-5-11-21(20)24;1-3-7-12-10(5-1)9-11-6-2-4-8-13(11)12;2*1-2-4-6-5-3-1;;;;/h2-15H,1H3;1-9H;2*1-5H;2*1H;;/q4*-1;;;;. The molecule has 0 amide bonds. The van der Waals surface area contributed by atoms with Crippen LogP contribution in [0.25, 0.3) is 65.0 Å². The van der Waals surface area contributed by atoms with Gasteiger partial charge in [-0.25, -0.2) is 0 Å². The largest absolute Gasteiger partial charge is 0.184 e. The van der Waals surface area contributed by atoms with E-state index in [4.69, 9.17) is 0 Å². The van der Waals surface area contributed by atoms with E-state index in [1.807, 2.05) is 60.7 Å². The molecule has 0 aromatic heterocycles. The van der Waals surface area contributed by atoms with Crippen molar-refractivity contribution in [1.29, 1.82) is 0 Å². The van der Waals surface area contributed by atoms with E-state index < -0.39 is 0 Å². The second-order valence-electron chi connectivity index (χ2n) is 12.0. The number of halogens is 2. The third-order valence-electron chi connectivity index (χ3n) is 8.69. The van der Waals surface area contributed by atoms with Crippen molar-refractivity contribution in [3.63, 3.8) is 0 Å². The van der Waals surface area contributed by atoms with Crippen LogP contribution >= 0.6 is 24.8 Å². The van der Waals surface area contributed by atoms with Gasteiger partial charge in [-0.1, -0.05) is 103 Å². The second kappa shape index (κ2) is 21.2. The number of rotatable bonds is 1. The number of aryl methyl sites for hydroxylation is 1. The molecule has 0 fully saturated rings. The van der Waals surface area contributed by atoms with Gasteiger partial charge in [-0.05, 0) is 33.2 Å². The van der Waals surface area contributed by atoms with Gasteiger partial charge in [-0.3, -0.25) is 0 Å². The summed E-state index contributed by atoms with van der Waals surface area (Å²) in [7, 11) is 0. The van der Waals surface area contributed by atoms with Crippen LogP contribution in [0.15, 0.2) is 200 Å². The first-order valence-electron chi connectivity index (χ1n) is 16.9. The van der Waals surface area contributed by atoms with E-state index in [0.717, 1.165) is 0 Å². The minimum absolute atomic E-state index is 0. The molecule has 10 aromatic rings. The minimum Gasteiger partial charge on any atom is -0.184 e. The molecule has 0 saturated carbocycles. The van der Waals surface area contributed by atoms with Crippen LogP contribution < -0.4 is 0 Å². The molecule has 53 heavy (non-hydrogen) atoms. The summed E-state index contributed by atoms with van der Waals surface area (Å²) >= 11 is 1.36. The zero-order chi connectivity index (χ0) is 35.3. The molecule has 0 spiro atoms. The molecular weight excluding hydrogens is 779 g/mol. The van der Waals surface area contributed by atoms with Gasteiger partial charge in [0.25, 0.3) is 0 Å². The summed E-state index contributed by atoms with van der Waals surface area (Å²) < 4.78 is 0. The summed E-state index contributed by atoms with van der Waals surface area (Å²) in [6.07, 6.45) is 0. The van der Waals surface area contributed by atoms with Gasteiger partial charge in [0.1, 0.15) is 0 Å². The average molecular weight is 817 g/mol. The maximum atomic E-state index is 3.06. The first kappa shape index (κ1) is 41.2. The molecule has 4 heteroatoms. The van der Waals surface area contributed by atoms with Crippen LogP contribution in [-0.2, 0) is 23.3 Å². The Morgan fingerprint density at radius 1 is 0.396 bits per heavy atom. The Kier molecular flexibility index (Phi) is 16.5. The molecule has 0 N–H and O–H groups in total. The van der Waals surface area contributed by atoms with Gasteiger partial charge < -0.3 is 0 Å². The minimum atomic E-state index is 0. The summed E-state index contributed by atoms with van der Waals surface area (Å²) in [5.74, 6) is 0. The third-order valence-corrected chi connectivity index (χ3v) is 8.69. The van der Waals surface area contributed by atoms with Crippen molar-refractivity contribution >= 4 is 85.6 Å². The number of hydrogen-bond acceptors (Lipinski definition) is 0. The third kappa shape index (κ3) is 10.3. The Hall–Kier alpha value is -4.56. The van der Waals surface area contributed by atoms with Crippen LogP contribution in [0.5, 0.6) is 0 Å². The smallest absolute Gasteiger partial charge is 0.0771 e. The number of fused-ring (bicyclic) bond motifs is 7. The molecule has 260 valence electrons. The second-order valence-corrected chi connectivity index (χ2v) is 12.0. The predicted octanol–water partition coefficient (Wildman–Crippen LogP) is 14.0. The van der Waals surface area contributed by atoms with Gasteiger partial charge in [0.2, 0.25) is 0 Å². The van der Waals surface area contributed by atoms with Gasteiger partial charge in [0.15, 0.2) is 0 Å². The van der Waals surface area contributed by atoms with Gasteiger partial charge in [-0.15, -0.1) is 99.1 Å². The zero-order valence-corrected chi connectivity index (χ0v) is 34.5. The zero-order valence-electron chi connectivity index (χ0n) is 29.4. The Morgan fingerprint density at radius 2 is 0.849 bits per heavy atom. The van der Waals surface area contributed by atoms with Crippen LogP contribution in [0.2, 0.25) is 0 Å². The average Bonchev–Trinajstić information content (AvgIpc) is 3.80. The molecule has 0 bridgehead atoms. The molecule has 2 radical (unpaired) electrons. The van der Waals surface area contributed by atoms with Crippen LogP contribution in [-0.4, -0.2) is 6.88 Å². The molecule has 0 aliphatic rings. The van der Waals surface area contributed by atoms with Crippen molar-refractivity contribution in [2.24, 2.45) is 0 Å². The van der Waals surface area contributed by atoms with E-state index in [1.165, 1.54) is 93.9 Å². The fourth-order valence-corrected chi connectivity index (χ4v) is 6.48. The molecule has 0 unspecified atom stereocenters. The SMILES string of the molecule is Cc1cc2c(-c3cc4ccccc4c4ccccc34)cccc2[cH-]1.Cl.Cl.[Si]=[Zr].[c-]1ccccc1.[c-]1ccccc1.c1ccc2c(c1)[cH-]c1ccccc12. The van der Waals surface area contributed by atoms with Crippen LogP contribution in [0.3, 0.4) is 0 Å². The number of benzene rings is 8. The van der Waals surface area contributed by atoms with E-state index >= 15 is 0 Å². The van der Waals surface area contributed by atoms with Crippen molar-refractivity contribution < 1.29 is 23.3 Å². The van der Waals surface area contributed by atoms with Crippen LogP contribution in [0.1, 0.15) is 5.56 Å². The maximum Gasteiger partial charge on any atom is -0.0771 e. The van der Waals surface area contributed by atoms with Gasteiger partial charge in [0.05, 0.1) is 0 Å². The van der Waals surface area contributed by atoms with Gasteiger partial charge >= 0.3 is 30.2 Å². The Morgan fingerprint density at radius 3 is 1.38 bits per heavy atom. The van der Waals surface area contributed by atoms with Crippen molar-refractivity contribution in [1.82, 2.24) is 0 Å². The van der Waals surface area contributed by atoms with E-state index in [9.17, 15) is 0 Å². The summed E-state index contributed by atoms with van der Waals surface area (Å²) in [6.45, 7) is 5.23. The van der Waals surface area contributed by atoms with Crippen molar-refractivity contribution in [3.05, 3.63) is 218 Å². The quantitative estimate of drug-likeness (QED) is 0.0879. The molecule has 0 heterocycles. The topological polar surface area (TPSA) is 0 Å². The Bertz CT molecular complexity index is 2460. The fourth-order valence-electron chi connectivity index (χ4n) is 6.48. The number of hydrogen-bond donors (Lipinski definition) is 0. The molecule has 10 rings (SSSR count). The van der Waals surface area contributed by atoms with Crippen LogP contribution in [0, 0.1) is 19.1 Å². The van der Waals surface area contributed by atoms with Crippen molar-refractivity contribution in [2.75, 3.05) is 0 Å². The summed E-state index contributed by atoms with van der Waals surface area (Å²) in [5, 5.41) is 13.3. The Balaban J connectivity index is 0.000000181. The van der Waals surface area contributed by atoms with Crippen molar-refractivity contribution in [3.8, 4) is 11.1 Å². The molecule has 10 aromatic carbocycles. The molecule has 0 aliphatic heterocycles. The first-order valence-corrected chi connectivity index (χ1v) is 21.1. The van der Waals surface area contributed by atoms with E-state index in [-0.39, 0.29) is 24.8 Å². The van der Waals surface area contributed by atoms with Gasteiger partial charge in [-0.2, -0.15) is 78.9 Å². The predicted molar refractivity (Wildman–Crippen MR) is 233 cm³/mol. The first-order chi connectivity index (χ1) is 25.3. The fraction of sp³-hybridized carbons (Fsp3) is 0.0204. The van der Waals surface area contributed by atoms with E-state index in [1.54, 1.807) is 0 Å². The summed E-state index contributed by atoms with van der Waals surface area (Å²) in [5.41, 5.74) is 3.96. The molecule has 0 aliphatic carbocycles. The summed E-state index contributed by atoms with van der Waals surface area (Å²) in [4.78, 5) is 0. The normalized spacial score (nSPS) is 9.81. The van der Waals surface area contributed by atoms with Crippen LogP contribution in [0.4, 0.5) is 0 Å². The van der Waals surface area contributed by atoms with Gasteiger partial charge in [0, 0.05) is 0 Å². The van der Waals surface area contributed by atoms with E-state index in [0.29, 0.717) is 0 Å². The van der Waals surface area contributed by atoms with Crippen molar-refractivity contribution in [2.45, 2.75) is 6.92 Å². The molecular formula is C49H38Cl2SiZr-4. The monoisotopic (exact) mass is 814 g/mol. The summed E-state index contributed by atoms with van der Waals surface area (Å²) in [6, 6.07) is 75.2. The maximum absolute atomic E-state index is 3.06.